The van der Waals surface area contributed by atoms with Gasteiger partial charge in [-0.3, -0.25) is 9.48 Å². The van der Waals surface area contributed by atoms with Gasteiger partial charge in [-0.1, -0.05) is 0 Å². The molecule has 0 aliphatic carbocycles. The Morgan fingerprint density at radius 3 is 2.50 bits per heavy atom. The molecule has 1 amide bonds. The molecule has 0 aliphatic rings. The third-order valence-corrected chi connectivity index (χ3v) is 3.33. The van der Waals surface area contributed by atoms with Gasteiger partial charge < -0.3 is 11.1 Å². The standard InChI is InChI=1S/C12H13IN4O/c1-7-10(14)11(17(2)16-7)15-12(18)8-3-5-9(13)6-4-8/h3-6H,14H2,1-2H3,(H,15,18). The maximum absolute atomic E-state index is 12.0. The molecule has 0 spiro atoms. The van der Waals surface area contributed by atoms with Crippen molar-refractivity contribution in [3.8, 4) is 0 Å². The van der Waals surface area contributed by atoms with Crippen molar-refractivity contribution in [3.63, 3.8) is 0 Å². The van der Waals surface area contributed by atoms with Crippen LogP contribution in [0.2, 0.25) is 0 Å². The highest BCUT2D eigenvalue weighted by atomic mass is 127. The first kappa shape index (κ1) is 12.9. The van der Waals surface area contributed by atoms with E-state index in [0.29, 0.717) is 22.8 Å². The fourth-order valence-electron chi connectivity index (χ4n) is 1.60. The molecule has 0 aliphatic heterocycles. The SMILES string of the molecule is Cc1nn(C)c(NC(=O)c2ccc(I)cc2)c1N. The predicted octanol–water partition coefficient (Wildman–Crippen LogP) is 2.17. The second-order valence-corrected chi connectivity index (χ2v) is 5.18. The van der Waals surface area contributed by atoms with Gasteiger partial charge in [-0.05, 0) is 53.8 Å². The number of hydrogen-bond donors (Lipinski definition) is 2. The fourth-order valence-corrected chi connectivity index (χ4v) is 1.96. The molecule has 1 heterocycles. The fraction of sp³-hybridized carbons (Fsp3) is 0.167. The number of nitrogen functional groups attached to an aromatic ring is 1. The quantitative estimate of drug-likeness (QED) is 0.810. The number of aromatic nitrogens is 2. The summed E-state index contributed by atoms with van der Waals surface area (Å²) >= 11 is 2.19. The second-order valence-electron chi connectivity index (χ2n) is 3.93. The van der Waals surface area contributed by atoms with Gasteiger partial charge in [-0.25, -0.2) is 0 Å². The van der Waals surface area contributed by atoms with Crippen LogP contribution in [0.3, 0.4) is 0 Å². The molecule has 0 fully saturated rings. The van der Waals surface area contributed by atoms with Gasteiger partial charge in [0.25, 0.3) is 5.91 Å². The van der Waals surface area contributed by atoms with Gasteiger partial charge in [0.2, 0.25) is 0 Å². The number of aryl methyl sites for hydroxylation is 2. The van der Waals surface area contributed by atoms with Crippen molar-refractivity contribution in [3.05, 3.63) is 39.1 Å². The lowest BCUT2D eigenvalue weighted by Crippen LogP contribution is -2.15. The summed E-state index contributed by atoms with van der Waals surface area (Å²) in [6, 6.07) is 7.31. The van der Waals surface area contributed by atoms with Crippen molar-refractivity contribution in [1.29, 1.82) is 0 Å². The summed E-state index contributed by atoms with van der Waals surface area (Å²) in [5.74, 6) is 0.331. The first-order valence-electron chi connectivity index (χ1n) is 5.35. The molecule has 2 aromatic rings. The van der Waals surface area contributed by atoms with E-state index in [1.807, 2.05) is 12.1 Å². The Balaban J connectivity index is 2.24. The summed E-state index contributed by atoms with van der Waals surface area (Å²) in [6.07, 6.45) is 0. The first-order valence-corrected chi connectivity index (χ1v) is 6.43. The van der Waals surface area contributed by atoms with E-state index in [1.165, 1.54) is 0 Å². The molecular formula is C12H13IN4O. The van der Waals surface area contributed by atoms with Crippen molar-refractivity contribution >= 4 is 40.0 Å². The van der Waals surface area contributed by atoms with Gasteiger partial charge in [0.05, 0.1) is 11.4 Å². The molecule has 1 aromatic carbocycles. The molecule has 2 rings (SSSR count). The molecule has 5 nitrogen and oxygen atoms in total. The van der Waals surface area contributed by atoms with Crippen molar-refractivity contribution in [2.75, 3.05) is 11.1 Å². The van der Waals surface area contributed by atoms with Crippen molar-refractivity contribution in [1.82, 2.24) is 9.78 Å². The van der Waals surface area contributed by atoms with Crippen LogP contribution >= 0.6 is 22.6 Å². The van der Waals surface area contributed by atoms with Crippen LogP contribution in [0, 0.1) is 10.5 Å². The molecule has 18 heavy (non-hydrogen) atoms. The Hall–Kier alpha value is -1.57. The van der Waals surface area contributed by atoms with Crippen molar-refractivity contribution in [2.24, 2.45) is 7.05 Å². The number of benzene rings is 1. The average molecular weight is 356 g/mol. The summed E-state index contributed by atoms with van der Waals surface area (Å²) in [5, 5.41) is 6.92. The maximum Gasteiger partial charge on any atom is 0.256 e. The van der Waals surface area contributed by atoms with Gasteiger partial charge in [0, 0.05) is 16.2 Å². The van der Waals surface area contributed by atoms with E-state index < -0.39 is 0 Å². The highest BCUT2D eigenvalue weighted by Gasteiger charge is 2.13. The van der Waals surface area contributed by atoms with E-state index in [9.17, 15) is 4.79 Å². The molecule has 1 aromatic heterocycles. The molecule has 0 unspecified atom stereocenters. The number of rotatable bonds is 2. The lowest BCUT2D eigenvalue weighted by Gasteiger charge is -2.06. The molecule has 0 radical (unpaired) electrons. The second kappa shape index (κ2) is 4.97. The highest BCUT2D eigenvalue weighted by molar-refractivity contribution is 14.1. The number of anilines is 2. The smallest absolute Gasteiger partial charge is 0.256 e. The van der Waals surface area contributed by atoms with Gasteiger partial charge >= 0.3 is 0 Å². The molecule has 0 atom stereocenters. The molecule has 6 heteroatoms. The monoisotopic (exact) mass is 356 g/mol. The third kappa shape index (κ3) is 2.47. The van der Waals surface area contributed by atoms with E-state index in [4.69, 9.17) is 5.73 Å². The zero-order valence-electron chi connectivity index (χ0n) is 10.1. The van der Waals surface area contributed by atoms with E-state index in [2.05, 4.69) is 33.0 Å². The van der Waals surface area contributed by atoms with E-state index in [0.717, 1.165) is 3.57 Å². The van der Waals surface area contributed by atoms with Crippen LogP contribution < -0.4 is 11.1 Å². The van der Waals surface area contributed by atoms with Gasteiger partial charge in [0.15, 0.2) is 5.82 Å². The molecule has 3 N–H and O–H groups in total. The summed E-state index contributed by atoms with van der Waals surface area (Å²) in [5.41, 5.74) is 7.65. The number of halogens is 1. The minimum absolute atomic E-state index is 0.193. The topological polar surface area (TPSA) is 72.9 Å². The molecule has 0 saturated carbocycles. The number of carbonyl (C=O) groups is 1. The minimum Gasteiger partial charge on any atom is -0.394 e. The molecular weight excluding hydrogens is 343 g/mol. The van der Waals surface area contributed by atoms with Crippen LogP contribution in [-0.4, -0.2) is 15.7 Å². The Morgan fingerprint density at radius 2 is 2.00 bits per heavy atom. The van der Waals surface area contributed by atoms with E-state index >= 15 is 0 Å². The lowest BCUT2D eigenvalue weighted by atomic mass is 10.2. The van der Waals surface area contributed by atoms with Gasteiger partial charge in [-0.15, -0.1) is 0 Å². The summed E-state index contributed by atoms with van der Waals surface area (Å²) in [7, 11) is 1.74. The zero-order chi connectivity index (χ0) is 13.3. The Labute approximate surface area is 119 Å². The Morgan fingerprint density at radius 1 is 1.39 bits per heavy atom. The maximum atomic E-state index is 12.0. The number of hydrogen-bond acceptors (Lipinski definition) is 3. The van der Waals surface area contributed by atoms with Crippen LogP contribution in [-0.2, 0) is 7.05 Å². The number of nitrogens with two attached hydrogens (primary N) is 1. The predicted molar refractivity (Wildman–Crippen MR) is 79.5 cm³/mol. The Bertz CT molecular complexity index is 589. The molecule has 94 valence electrons. The van der Waals surface area contributed by atoms with Crippen LogP contribution in [0.5, 0.6) is 0 Å². The number of amides is 1. The first-order chi connectivity index (χ1) is 8.49. The van der Waals surface area contributed by atoms with Crippen molar-refractivity contribution in [2.45, 2.75) is 6.92 Å². The molecule has 0 bridgehead atoms. The highest BCUT2D eigenvalue weighted by Crippen LogP contribution is 2.21. The summed E-state index contributed by atoms with van der Waals surface area (Å²) in [4.78, 5) is 12.0. The number of carbonyl (C=O) groups excluding carboxylic acids is 1. The minimum atomic E-state index is -0.193. The molecule has 0 saturated heterocycles. The van der Waals surface area contributed by atoms with Crippen LogP contribution in [0.4, 0.5) is 11.5 Å². The zero-order valence-corrected chi connectivity index (χ0v) is 12.2. The van der Waals surface area contributed by atoms with Gasteiger partial charge in [-0.2, -0.15) is 5.10 Å². The largest absolute Gasteiger partial charge is 0.394 e. The van der Waals surface area contributed by atoms with Crippen LogP contribution in [0.15, 0.2) is 24.3 Å². The third-order valence-electron chi connectivity index (χ3n) is 2.61. The summed E-state index contributed by atoms with van der Waals surface area (Å²) in [6.45, 7) is 1.80. The van der Waals surface area contributed by atoms with E-state index in [-0.39, 0.29) is 5.91 Å². The van der Waals surface area contributed by atoms with Crippen LogP contribution in [0.1, 0.15) is 16.1 Å². The van der Waals surface area contributed by atoms with Crippen LogP contribution in [0.25, 0.3) is 0 Å². The normalized spacial score (nSPS) is 10.4. The summed E-state index contributed by atoms with van der Waals surface area (Å²) < 4.78 is 2.65. The van der Waals surface area contributed by atoms with E-state index in [1.54, 1.807) is 30.8 Å². The van der Waals surface area contributed by atoms with Crippen molar-refractivity contribution < 1.29 is 4.79 Å². The number of nitrogens with one attached hydrogen (secondary N) is 1. The number of nitrogens with zero attached hydrogens (tertiary/aromatic N) is 2. The van der Waals surface area contributed by atoms with Gasteiger partial charge in [0.1, 0.15) is 0 Å². The average Bonchev–Trinajstić information content (AvgIpc) is 2.57. The lowest BCUT2D eigenvalue weighted by molar-refractivity contribution is 0.102. The Kier molecular flexibility index (Phi) is 3.55.